The lowest BCUT2D eigenvalue weighted by atomic mass is 10.0. The van der Waals surface area contributed by atoms with Gasteiger partial charge in [0.15, 0.2) is 6.10 Å². The summed E-state index contributed by atoms with van der Waals surface area (Å²) in [5.41, 5.74) is 1.20. The van der Waals surface area contributed by atoms with Gasteiger partial charge in [-0.15, -0.1) is 11.8 Å². The van der Waals surface area contributed by atoms with Crippen molar-refractivity contribution in [1.82, 2.24) is 4.90 Å². The van der Waals surface area contributed by atoms with Gasteiger partial charge in [-0.25, -0.2) is 4.79 Å². The smallest absolute Gasteiger partial charge is 0.340 e. The van der Waals surface area contributed by atoms with Crippen LogP contribution < -0.4 is 9.64 Å². The molecule has 40 heavy (non-hydrogen) atoms. The van der Waals surface area contributed by atoms with Gasteiger partial charge in [0.05, 0.1) is 33.6 Å². The van der Waals surface area contributed by atoms with Crippen LogP contribution in [0.2, 0.25) is 5.02 Å². The fourth-order valence-corrected chi connectivity index (χ4v) is 6.06. The van der Waals surface area contributed by atoms with Gasteiger partial charge in [-0.3, -0.25) is 14.9 Å². The number of hydrogen-bond acceptors (Lipinski definition) is 8. The Morgan fingerprint density at radius 3 is 2.50 bits per heavy atom. The molecule has 11 heteroatoms. The SMILES string of the molecule is CCCN(C)CCN1C(=O)C(OC(=O)c2ccc([N+](=O)[O-])cc2Cl)C(c2ccc(OC)cc2)Sc2ccccc21. The number of para-hydroxylation sites is 1. The number of non-ortho nitro benzene ring substituents is 1. The maximum Gasteiger partial charge on any atom is 0.340 e. The molecule has 210 valence electrons. The van der Waals surface area contributed by atoms with Crippen molar-refractivity contribution in [2.24, 2.45) is 0 Å². The van der Waals surface area contributed by atoms with Crippen LogP contribution in [0.5, 0.6) is 5.75 Å². The monoisotopic (exact) mass is 583 g/mol. The molecule has 0 aromatic heterocycles. The zero-order chi connectivity index (χ0) is 28.8. The van der Waals surface area contributed by atoms with E-state index in [0.717, 1.165) is 35.2 Å². The summed E-state index contributed by atoms with van der Waals surface area (Å²) in [6.45, 7) is 4.00. The number of nitro benzene ring substituents is 1. The number of nitrogens with zero attached hydrogens (tertiary/aromatic N) is 3. The average Bonchev–Trinajstić information content (AvgIpc) is 3.06. The maximum absolute atomic E-state index is 14.3. The van der Waals surface area contributed by atoms with Gasteiger partial charge in [0.1, 0.15) is 5.75 Å². The van der Waals surface area contributed by atoms with E-state index in [1.807, 2.05) is 43.4 Å². The zero-order valence-electron chi connectivity index (χ0n) is 22.4. The van der Waals surface area contributed by atoms with E-state index in [1.54, 1.807) is 24.1 Å². The minimum absolute atomic E-state index is 0.0606. The van der Waals surface area contributed by atoms with Gasteiger partial charge < -0.3 is 19.3 Å². The molecule has 0 saturated carbocycles. The van der Waals surface area contributed by atoms with Gasteiger partial charge in [-0.2, -0.15) is 0 Å². The van der Waals surface area contributed by atoms with E-state index in [-0.39, 0.29) is 22.2 Å². The number of benzene rings is 3. The number of hydrogen-bond donors (Lipinski definition) is 0. The van der Waals surface area contributed by atoms with Crippen molar-refractivity contribution in [2.45, 2.75) is 29.6 Å². The van der Waals surface area contributed by atoms with Gasteiger partial charge in [-0.05, 0) is 55.9 Å². The molecule has 3 aromatic carbocycles. The number of carbonyl (C=O) groups excluding carboxylic acids is 2. The third-order valence-corrected chi connectivity index (χ3v) is 8.25. The number of fused-ring (bicyclic) bond motifs is 1. The van der Waals surface area contributed by atoms with E-state index in [9.17, 15) is 19.7 Å². The fraction of sp³-hybridized carbons (Fsp3) is 0.310. The van der Waals surface area contributed by atoms with Crippen LogP contribution in [0, 0.1) is 10.1 Å². The molecule has 1 heterocycles. The first-order valence-electron chi connectivity index (χ1n) is 12.8. The Labute approximate surface area is 242 Å². The van der Waals surface area contributed by atoms with Gasteiger partial charge in [0, 0.05) is 30.1 Å². The molecule has 1 aliphatic rings. The average molecular weight is 584 g/mol. The third-order valence-electron chi connectivity index (χ3n) is 6.57. The Morgan fingerprint density at radius 2 is 1.85 bits per heavy atom. The predicted octanol–water partition coefficient (Wildman–Crippen LogP) is 6.00. The van der Waals surface area contributed by atoms with E-state index in [1.165, 1.54) is 23.9 Å². The molecule has 2 atom stereocenters. The summed E-state index contributed by atoms with van der Waals surface area (Å²) in [5.74, 6) is -0.554. The predicted molar refractivity (Wildman–Crippen MR) is 155 cm³/mol. The molecule has 1 amide bonds. The molecule has 0 saturated heterocycles. The fourth-order valence-electron chi connectivity index (χ4n) is 4.49. The molecular formula is C29H30ClN3O6S. The Morgan fingerprint density at radius 1 is 1.12 bits per heavy atom. The van der Waals surface area contributed by atoms with Crippen molar-refractivity contribution in [3.8, 4) is 5.75 Å². The second kappa shape index (κ2) is 13.2. The molecule has 0 radical (unpaired) electrons. The molecule has 0 bridgehead atoms. The first kappa shape index (κ1) is 29.4. The second-order valence-electron chi connectivity index (χ2n) is 9.32. The van der Waals surface area contributed by atoms with Gasteiger partial charge in [0.25, 0.3) is 11.6 Å². The summed E-state index contributed by atoms with van der Waals surface area (Å²) < 4.78 is 11.2. The lowest BCUT2D eigenvalue weighted by Gasteiger charge is -2.29. The van der Waals surface area contributed by atoms with Crippen LogP contribution in [0.25, 0.3) is 0 Å². The highest BCUT2D eigenvalue weighted by atomic mass is 35.5. The molecule has 9 nitrogen and oxygen atoms in total. The van der Waals surface area contributed by atoms with Crippen LogP contribution in [-0.2, 0) is 9.53 Å². The molecule has 3 aromatic rings. The third kappa shape index (κ3) is 6.57. The highest BCUT2D eigenvalue weighted by Gasteiger charge is 2.41. The lowest BCUT2D eigenvalue weighted by molar-refractivity contribution is -0.384. The Hall–Kier alpha value is -3.60. The number of ether oxygens (including phenoxy) is 2. The molecular weight excluding hydrogens is 554 g/mol. The summed E-state index contributed by atoms with van der Waals surface area (Å²) in [5, 5.41) is 10.4. The topological polar surface area (TPSA) is 102 Å². The number of thioether (sulfide) groups is 1. The van der Waals surface area contributed by atoms with E-state index in [4.69, 9.17) is 21.1 Å². The number of carbonyl (C=O) groups is 2. The molecule has 0 spiro atoms. The minimum Gasteiger partial charge on any atom is -0.497 e. The first-order valence-corrected chi connectivity index (χ1v) is 14.0. The number of anilines is 1. The van der Waals surface area contributed by atoms with Crippen molar-refractivity contribution >= 4 is 46.6 Å². The number of likely N-dealkylation sites (N-methyl/N-ethyl adjacent to an activating group) is 1. The minimum atomic E-state index is -1.21. The first-order chi connectivity index (χ1) is 19.2. The normalized spacial score (nSPS) is 16.8. The molecule has 1 aliphatic heterocycles. The van der Waals surface area contributed by atoms with Crippen molar-refractivity contribution in [2.75, 3.05) is 38.7 Å². The number of nitro groups is 1. The van der Waals surface area contributed by atoms with Gasteiger partial charge >= 0.3 is 5.97 Å². The molecule has 4 rings (SSSR count). The number of esters is 1. The number of rotatable bonds is 10. The standard InChI is InChI=1S/C29H30ClN3O6S/c1-4-15-31(2)16-17-32-24-7-5-6-8-25(24)40-27(19-9-12-21(38-3)13-10-19)26(28(32)34)39-29(35)22-14-11-20(33(36)37)18-23(22)30/h5-14,18,26-27H,4,15-17H2,1-3H3. The van der Waals surface area contributed by atoms with E-state index >= 15 is 0 Å². The van der Waals surface area contributed by atoms with Crippen LogP contribution in [0.15, 0.2) is 71.6 Å². The van der Waals surface area contributed by atoms with E-state index in [2.05, 4.69) is 11.8 Å². The molecule has 2 unspecified atom stereocenters. The highest BCUT2D eigenvalue weighted by molar-refractivity contribution is 7.99. The quantitative estimate of drug-likeness (QED) is 0.163. The Kier molecular flexibility index (Phi) is 9.67. The summed E-state index contributed by atoms with van der Waals surface area (Å²) in [4.78, 5) is 42.9. The largest absolute Gasteiger partial charge is 0.497 e. The van der Waals surface area contributed by atoms with Crippen molar-refractivity contribution in [3.63, 3.8) is 0 Å². The second-order valence-corrected chi connectivity index (χ2v) is 10.9. The summed E-state index contributed by atoms with van der Waals surface area (Å²) in [7, 11) is 3.57. The van der Waals surface area contributed by atoms with Gasteiger partial charge in [0.2, 0.25) is 0 Å². The van der Waals surface area contributed by atoms with Crippen molar-refractivity contribution in [3.05, 3.63) is 93.0 Å². The van der Waals surface area contributed by atoms with Gasteiger partial charge in [-0.1, -0.05) is 42.8 Å². The number of methoxy groups -OCH3 is 1. The summed E-state index contributed by atoms with van der Waals surface area (Å²) in [6.07, 6.45) is -0.229. The highest BCUT2D eigenvalue weighted by Crippen LogP contribution is 2.47. The molecule has 0 aliphatic carbocycles. The van der Waals surface area contributed by atoms with Crippen LogP contribution >= 0.6 is 23.4 Å². The summed E-state index contributed by atoms with van der Waals surface area (Å²) in [6, 6.07) is 18.4. The summed E-state index contributed by atoms with van der Waals surface area (Å²) >= 11 is 7.67. The van der Waals surface area contributed by atoms with Crippen LogP contribution in [0.4, 0.5) is 11.4 Å². The van der Waals surface area contributed by atoms with Crippen LogP contribution in [0.3, 0.4) is 0 Å². The van der Waals surface area contributed by atoms with Crippen molar-refractivity contribution in [1.29, 1.82) is 0 Å². The zero-order valence-corrected chi connectivity index (χ0v) is 24.0. The Bertz CT molecular complexity index is 1390. The van der Waals surface area contributed by atoms with Crippen molar-refractivity contribution < 1.29 is 24.0 Å². The van der Waals surface area contributed by atoms with E-state index in [0.29, 0.717) is 18.8 Å². The van der Waals surface area contributed by atoms with Crippen LogP contribution in [0.1, 0.15) is 34.5 Å². The van der Waals surface area contributed by atoms with E-state index < -0.39 is 22.2 Å². The lowest BCUT2D eigenvalue weighted by Crippen LogP contribution is -2.45. The Balaban J connectivity index is 1.75. The molecule has 0 N–H and O–H groups in total. The maximum atomic E-state index is 14.3. The number of amides is 1. The number of halogens is 1. The van der Waals surface area contributed by atoms with Crippen LogP contribution in [-0.4, -0.2) is 61.6 Å². The molecule has 0 fully saturated rings.